The van der Waals surface area contributed by atoms with Crippen LogP contribution in [-0.2, 0) is 4.74 Å². The fraction of sp³-hybridized carbons (Fsp3) is 0.545. The summed E-state index contributed by atoms with van der Waals surface area (Å²) in [5.74, 6) is -0.265. The third-order valence-corrected chi connectivity index (χ3v) is 3.24. The number of hydrogen-bond donors (Lipinski definition) is 2. The van der Waals surface area contributed by atoms with Gasteiger partial charge in [-0.05, 0) is 18.9 Å². The molecule has 3 N–H and O–H groups in total. The zero-order valence-corrected chi connectivity index (χ0v) is 10.1. The maximum absolute atomic E-state index is 13.6. The van der Waals surface area contributed by atoms with Crippen molar-refractivity contribution in [3.8, 4) is 0 Å². The van der Waals surface area contributed by atoms with Crippen LogP contribution in [0.3, 0.4) is 0 Å². The molecule has 0 bridgehead atoms. The Kier molecular flexibility index (Phi) is 3.81. The molecule has 17 heavy (non-hydrogen) atoms. The molecule has 6 heteroatoms. The SMILES string of the molecule is NCC1(Nc2ncc(Cl)cc2F)CCOCC1. The van der Waals surface area contributed by atoms with E-state index in [1.807, 2.05) is 0 Å². The summed E-state index contributed by atoms with van der Waals surface area (Å²) < 4.78 is 18.9. The number of rotatable bonds is 3. The van der Waals surface area contributed by atoms with E-state index in [9.17, 15) is 4.39 Å². The molecule has 4 nitrogen and oxygen atoms in total. The Morgan fingerprint density at radius 3 is 2.82 bits per heavy atom. The summed E-state index contributed by atoms with van der Waals surface area (Å²) in [7, 11) is 0. The molecule has 0 aliphatic carbocycles. The summed E-state index contributed by atoms with van der Waals surface area (Å²) in [4.78, 5) is 3.95. The van der Waals surface area contributed by atoms with Gasteiger partial charge in [0.2, 0.25) is 0 Å². The second-order valence-corrected chi connectivity index (χ2v) is 4.64. The van der Waals surface area contributed by atoms with Gasteiger partial charge in [-0.3, -0.25) is 0 Å². The molecule has 1 aromatic rings. The van der Waals surface area contributed by atoms with Gasteiger partial charge in [-0.1, -0.05) is 11.6 Å². The minimum atomic E-state index is -0.461. The normalized spacial score (nSPS) is 19.0. The Labute approximate surface area is 104 Å². The van der Waals surface area contributed by atoms with Crippen LogP contribution in [0.15, 0.2) is 12.3 Å². The molecule has 2 heterocycles. The number of ether oxygens (including phenoxy) is 1. The lowest BCUT2D eigenvalue weighted by Crippen LogP contribution is -2.50. The number of pyridine rings is 1. The van der Waals surface area contributed by atoms with Gasteiger partial charge in [-0.25, -0.2) is 9.37 Å². The van der Waals surface area contributed by atoms with Crippen molar-refractivity contribution in [1.82, 2.24) is 4.98 Å². The van der Waals surface area contributed by atoms with Gasteiger partial charge >= 0.3 is 0 Å². The van der Waals surface area contributed by atoms with Crippen molar-refractivity contribution in [1.29, 1.82) is 0 Å². The van der Waals surface area contributed by atoms with Crippen LogP contribution >= 0.6 is 11.6 Å². The number of nitrogens with one attached hydrogen (secondary N) is 1. The van der Waals surface area contributed by atoms with Crippen molar-refractivity contribution in [2.75, 3.05) is 25.1 Å². The average Bonchev–Trinajstić information content (AvgIpc) is 2.34. The zero-order valence-electron chi connectivity index (χ0n) is 9.38. The number of aromatic nitrogens is 1. The predicted molar refractivity (Wildman–Crippen MR) is 64.7 cm³/mol. The Bertz CT molecular complexity index is 396. The number of nitrogens with two attached hydrogens (primary N) is 1. The number of nitrogens with zero attached hydrogens (tertiary/aromatic N) is 1. The van der Waals surface area contributed by atoms with E-state index in [-0.39, 0.29) is 16.4 Å². The summed E-state index contributed by atoms with van der Waals surface area (Å²) in [6, 6.07) is 1.24. The molecule has 1 fully saturated rings. The van der Waals surface area contributed by atoms with E-state index in [1.54, 1.807) is 0 Å². The van der Waals surface area contributed by atoms with Crippen LogP contribution in [0.5, 0.6) is 0 Å². The first-order chi connectivity index (χ1) is 8.15. The lowest BCUT2D eigenvalue weighted by molar-refractivity contribution is 0.0625. The molecule has 0 amide bonds. The molecule has 1 aromatic heterocycles. The molecular formula is C11H15ClFN3O. The third-order valence-electron chi connectivity index (χ3n) is 3.03. The Balaban J connectivity index is 2.17. The number of halogens is 2. The topological polar surface area (TPSA) is 60.2 Å². The summed E-state index contributed by atoms with van der Waals surface area (Å²) in [6.07, 6.45) is 2.90. The minimum absolute atomic E-state index is 0.196. The summed E-state index contributed by atoms with van der Waals surface area (Å²) in [5.41, 5.74) is 5.44. The van der Waals surface area contributed by atoms with E-state index in [1.165, 1.54) is 12.3 Å². The summed E-state index contributed by atoms with van der Waals surface area (Å²) in [6.45, 7) is 1.67. The predicted octanol–water partition coefficient (Wildman–Crippen LogP) is 1.79. The molecule has 0 spiro atoms. The molecule has 1 aliphatic heterocycles. The maximum atomic E-state index is 13.6. The Hall–Kier alpha value is -0.910. The number of hydrogen-bond acceptors (Lipinski definition) is 4. The summed E-state index contributed by atoms with van der Waals surface area (Å²) in [5, 5.41) is 3.37. The van der Waals surface area contributed by atoms with E-state index >= 15 is 0 Å². The van der Waals surface area contributed by atoms with Crippen molar-refractivity contribution in [3.05, 3.63) is 23.1 Å². The smallest absolute Gasteiger partial charge is 0.166 e. The Morgan fingerprint density at radius 2 is 2.24 bits per heavy atom. The van der Waals surface area contributed by atoms with E-state index in [2.05, 4.69) is 10.3 Å². The number of anilines is 1. The van der Waals surface area contributed by atoms with Crippen LogP contribution in [-0.4, -0.2) is 30.3 Å². The fourth-order valence-corrected chi connectivity index (χ4v) is 2.04. The molecule has 1 aliphatic rings. The standard InChI is InChI=1S/C11H15ClFN3O/c12-8-5-9(13)10(15-6-8)16-11(7-14)1-3-17-4-2-11/h5-6H,1-4,7,14H2,(H,15,16). The molecule has 0 aromatic carbocycles. The van der Waals surface area contributed by atoms with Crippen LogP contribution in [0.1, 0.15) is 12.8 Å². The van der Waals surface area contributed by atoms with Crippen molar-refractivity contribution in [2.45, 2.75) is 18.4 Å². The van der Waals surface area contributed by atoms with E-state index in [0.717, 1.165) is 12.8 Å². The monoisotopic (exact) mass is 259 g/mol. The molecule has 2 rings (SSSR count). The van der Waals surface area contributed by atoms with Crippen molar-refractivity contribution in [2.24, 2.45) is 5.73 Å². The lowest BCUT2D eigenvalue weighted by Gasteiger charge is -2.37. The van der Waals surface area contributed by atoms with Crippen molar-refractivity contribution >= 4 is 17.4 Å². The highest BCUT2D eigenvalue weighted by Gasteiger charge is 2.32. The van der Waals surface area contributed by atoms with E-state index in [4.69, 9.17) is 22.1 Å². The quantitative estimate of drug-likeness (QED) is 0.869. The van der Waals surface area contributed by atoms with Crippen LogP contribution in [0, 0.1) is 5.82 Å². The zero-order chi connectivity index (χ0) is 12.3. The third kappa shape index (κ3) is 2.86. The van der Waals surface area contributed by atoms with Gasteiger partial charge in [-0.2, -0.15) is 0 Å². The molecule has 0 saturated carbocycles. The van der Waals surface area contributed by atoms with Gasteiger partial charge in [-0.15, -0.1) is 0 Å². The van der Waals surface area contributed by atoms with Crippen LogP contribution in [0.25, 0.3) is 0 Å². The highest BCUT2D eigenvalue weighted by atomic mass is 35.5. The van der Waals surface area contributed by atoms with Crippen LogP contribution in [0.2, 0.25) is 5.02 Å². The van der Waals surface area contributed by atoms with Crippen molar-refractivity contribution < 1.29 is 9.13 Å². The molecule has 0 radical (unpaired) electrons. The molecular weight excluding hydrogens is 245 g/mol. The molecule has 0 atom stereocenters. The van der Waals surface area contributed by atoms with Gasteiger partial charge in [0.15, 0.2) is 11.6 Å². The molecule has 1 saturated heterocycles. The highest BCUT2D eigenvalue weighted by Crippen LogP contribution is 2.26. The first-order valence-corrected chi connectivity index (χ1v) is 5.90. The van der Waals surface area contributed by atoms with Gasteiger partial charge in [0.05, 0.1) is 10.6 Å². The van der Waals surface area contributed by atoms with E-state index < -0.39 is 5.82 Å². The first kappa shape index (κ1) is 12.5. The highest BCUT2D eigenvalue weighted by molar-refractivity contribution is 6.30. The average molecular weight is 260 g/mol. The minimum Gasteiger partial charge on any atom is -0.381 e. The first-order valence-electron chi connectivity index (χ1n) is 5.52. The van der Waals surface area contributed by atoms with Gasteiger partial charge in [0.25, 0.3) is 0 Å². The van der Waals surface area contributed by atoms with Crippen molar-refractivity contribution in [3.63, 3.8) is 0 Å². The van der Waals surface area contributed by atoms with E-state index in [0.29, 0.717) is 19.8 Å². The van der Waals surface area contributed by atoms with Gasteiger partial charge < -0.3 is 15.8 Å². The molecule has 0 unspecified atom stereocenters. The molecule has 94 valence electrons. The Morgan fingerprint density at radius 1 is 1.53 bits per heavy atom. The summed E-state index contributed by atoms with van der Waals surface area (Å²) >= 11 is 5.65. The van der Waals surface area contributed by atoms with Crippen LogP contribution < -0.4 is 11.1 Å². The lowest BCUT2D eigenvalue weighted by atomic mass is 9.90. The van der Waals surface area contributed by atoms with Crippen LogP contribution in [0.4, 0.5) is 10.2 Å². The second kappa shape index (κ2) is 5.16. The van der Waals surface area contributed by atoms with Gasteiger partial charge in [0.1, 0.15) is 0 Å². The largest absolute Gasteiger partial charge is 0.381 e. The second-order valence-electron chi connectivity index (χ2n) is 4.21. The maximum Gasteiger partial charge on any atom is 0.166 e. The fourth-order valence-electron chi connectivity index (χ4n) is 1.90. The van der Waals surface area contributed by atoms with Gasteiger partial charge in [0, 0.05) is 26.0 Å².